The van der Waals surface area contributed by atoms with Gasteiger partial charge in [0.05, 0.1) is 6.61 Å². The molecule has 2 N–H and O–H groups in total. The highest BCUT2D eigenvalue weighted by Gasteiger charge is 2.61. The van der Waals surface area contributed by atoms with Crippen LogP contribution in [0.2, 0.25) is 0 Å². The van der Waals surface area contributed by atoms with Crippen LogP contribution in [0, 0.1) is 28.6 Å². The van der Waals surface area contributed by atoms with Gasteiger partial charge in [0.1, 0.15) is 17.9 Å². The number of aromatic amines is 1. The van der Waals surface area contributed by atoms with Crippen molar-refractivity contribution >= 4 is 11.9 Å². The molecule has 1 amide bonds. The molecule has 0 radical (unpaired) electrons. The van der Waals surface area contributed by atoms with Gasteiger partial charge in [0.15, 0.2) is 11.4 Å². The second-order valence-corrected chi connectivity index (χ2v) is 7.44. The molecule has 2 atom stereocenters. The average molecular weight is 361 g/mol. The quantitative estimate of drug-likeness (QED) is 0.872. The van der Waals surface area contributed by atoms with E-state index in [1.54, 1.807) is 0 Å². The number of hydrogen-bond acceptors (Lipinski definition) is 5. The number of benzene rings is 1. The number of nitrogens with zero attached hydrogens (tertiary/aromatic N) is 3. The molecule has 136 valence electrons. The third-order valence-electron chi connectivity index (χ3n) is 5.57. The van der Waals surface area contributed by atoms with Crippen molar-refractivity contribution in [1.29, 1.82) is 10.5 Å². The number of anilines is 1. The lowest BCUT2D eigenvalue weighted by Gasteiger charge is -2.28. The molecule has 1 aliphatic carbocycles. The number of amides is 1. The van der Waals surface area contributed by atoms with Crippen LogP contribution in [0.5, 0.6) is 5.75 Å². The van der Waals surface area contributed by atoms with E-state index in [9.17, 15) is 4.79 Å². The molecule has 1 saturated carbocycles. The number of carbonyl (C=O) groups is 1. The van der Waals surface area contributed by atoms with Crippen molar-refractivity contribution in [2.24, 2.45) is 5.92 Å². The van der Waals surface area contributed by atoms with Crippen molar-refractivity contribution in [3.8, 4) is 17.9 Å². The summed E-state index contributed by atoms with van der Waals surface area (Å²) >= 11 is 0. The van der Waals surface area contributed by atoms with Crippen molar-refractivity contribution in [3.63, 3.8) is 0 Å². The van der Waals surface area contributed by atoms with Crippen LogP contribution in [-0.4, -0.2) is 22.5 Å². The predicted molar refractivity (Wildman–Crippen MR) is 97.1 cm³/mol. The van der Waals surface area contributed by atoms with Crippen LogP contribution in [0.25, 0.3) is 0 Å². The van der Waals surface area contributed by atoms with Crippen LogP contribution in [0.15, 0.2) is 18.2 Å². The Balaban J connectivity index is 1.58. The Morgan fingerprint density at radius 3 is 2.89 bits per heavy atom. The lowest BCUT2D eigenvalue weighted by molar-refractivity contribution is -0.117. The summed E-state index contributed by atoms with van der Waals surface area (Å²) < 4.78 is 5.81. The van der Waals surface area contributed by atoms with Gasteiger partial charge in [-0.05, 0) is 30.4 Å². The zero-order valence-corrected chi connectivity index (χ0v) is 15.2. The Labute approximate surface area is 157 Å². The summed E-state index contributed by atoms with van der Waals surface area (Å²) in [4.78, 5) is 19.4. The Bertz CT molecular complexity index is 979. The van der Waals surface area contributed by atoms with Gasteiger partial charge >= 0.3 is 0 Å². The first kappa shape index (κ1) is 17.1. The molecule has 0 unspecified atom stereocenters. The first-order valence-electron chi connectivity index (χ1n) is 8.97. The van der Waals surface area contributed by atoms with E-state index in [2.05, 4.69) is 41.3 Å². The van der Waals surface area contributed by atoms with E-state index < -0.39 is 0 Å². The molecule has 1 aliphatic heterocycles. The second-order valence-electron chi connectivity index (χ2n) is 7.44. The number of hydrogen-bond donors (Lipinski definition) is 2. The van der Waals surface area contributed by atoms with Crippen molar-refractivity contribution in [2.45, 2.75) is 38.0 Å². The summed E-state index contributed by atoms with van der Waals surface area (Å²) in [6, 6.07) is 9.95. The predicted octanol–water partition coefficient (Wildman–Crippen LogP) is 2.96. The van der Waals surface area contributed by atoms with E-state index >= 15 is 0 Å². The number of fused-ring (bicyclic) bond motifs is 2. The van der Waals surface area contributed by atoms with Gasteiger partial charge in [-0.2, -0.15) is 10.5 Å². The summed E-state index contributed by atoms with van der Waals surface area (Å²) in [5.41, 5.74) is 2.17. The normalized spacial score (nSPS) is 22.5. The van der Waals surface area contributed by atoms with Crippen LogP contribution < -0.4 is 10.1 Å². The van der Waals surface area contributed by atoms with Gasteiger partial charge in [-0.15, -0.1) is 0 Å². The molecule has 7 nitrogen and oxygen atoms in total. The van der Waals surface area contributed by atoms with Crippen molar-refractivity contribution in [2.75, 3.05) is 11.9 Å². The standard InChI is InChI=1S/C20H19N5O2/c1-11(2)12-3-4-17-13(7-12)20(5-6-27-17)8-14(20)18(26)25-19-23-15(9-21)16(10-22)24-19/h3-4,7,11,14H,5-6,8H2,1-2H3,(H2,23,24,25,26)/t14-,20-/m0/s1. The van der Waals surface area contributed by atoms with E-state index in [4.69, 9.17) is 15.3 Å². The monoisotopic (exact) mass is 361 g/mol. The zero-order chi connectivity index (χ0) is 19.2. The average Bonchev–Trinajstić information content (AvgIpc) is 3.24. The summed E-state index contributed by atoms with van der Waals surface area (Å²) in [5.74, 6) is 1.07. The lowest BCUT2D eigenvalue weighted by atomic mass is 9.85. The number of nitriles is 2. The summed E-state index contributed by atoms with van der Waals surface area (Å²) in [5, 5.41) is 20.7. The molecule has 4 rings (SSSR count). The SMILES string of the molecule is CC(C)c1ccc2c(c1)[C@]1(CCO2)C[C@H]1C(=O)Nc1nc(C#N)c(C#N)[nH]1. The number of nitrogens with one attached hydrogen (secondary N) is 2. The summed E-state index contributed by atoms with van der Waals surface area (Å²) in [6.07, 6.45) is 1.55. The molecular weight excluding hydrogens is 342 g/mol. The topological polar surface area (TPSA) is 115 Å². The summed E-state index contributed by atoms with van der Waals surface area (Å²) in [7, 11) is 0. The maximum atomic E-state index is 12.8. The lowest BCUT2D eigenvalue weighted by Crippen LogP contribution is -2.27. The van der Waals surface area contributed by atoms with Crippen LogP contribution in [-0.2, 0) is 10.2 Å². The van der Waals surface area contributed by atoms with Crippen molar-refractivity contribution in [1.82, 2.24) is 9.97 Å². The van der Waals surface area contributed by atoms with Gasteiger partial charge in [-0.1, -0.05) is 26.0 Å². The first-order valence-corrected chi connectivity index (χ1v) is 8.97. The molecule has 2 aromatic rings. The van der Waals surface area contributed by atoms with E-state index in [0.717, 1.165) is 24.2 Å². The smallest absolute Gasteiger partial charge is 0.230 e. The number of ether oxygens (including phenoxy) is 1. The van der Waals surface area contributed by atoms with Crippen LogP contribution in [0.1, 0.15) is 55.1 Å². The molecule has 27 heavy (non-hydrogen) atoms. The minimum absolute atomic E-state index is 0.0173. The van der Waals surface area contributed by atoms with Crippen LogP contribution >= 0.6 is 0 Å². The number of rotatable bonds is 3. The fourth-order valence-electron chi connectivity index (χ4n) is 3.92. The Morgan fingerprint density at radius 2 is 2.22 bits per heavy atom. The Hall–Kier alpha value is -3.32. The van der Waals surface area contributed by atoms with Crippen LogP contribution in [0.4, 0.5) is 5.95 Å². The molecule has 2 heterocycles. The Morgan fingerprint density at radius 1 is 1.41 bits per heavy atom. The van der Waals surface area contributed by atoms with Crippen molar-refractivity contribution < 1.29 is 9.53 Å². The van der Waals surface area contributed by atoms with Gasteiger partial charge in [0, 0.05) is 16.9 Å². The van der Waals surface area contributed by atoms with Crippen LogP contribution in [0.3, 0.4) is 0 Å². The highest BCUT2D eigenvalue weighted by atomic mass is 16.5. The fourth-order valence-corrected chi connectivity index (χ4v) is 3.92. The summed E-state index contributed by atoms with van der Waals surface area (Å²) in [6.45, 7) is 4.88. The van der Waals surface area contributed by atoms with Gasteiger partial charge in [0.25, 0.3) is 0 Å². The first-order chi connectivity index (χ1) is 13.0. The molecule has 1 aromatic carbocycles. The van der Waals surface area contributed by atoms with E-state index in [-0.39, 0.29) is 34.6 Å². The largest absolute Gasteiger partial charge is 0.493 e. The maximum Gasteiger partial charge on any atom is 0.230 e. The highest BCUT2D eigenvalue weighted by Crippen LogP contribution is 2.61. The molecule has 1 spiro atoms. The maximum absolute atomic E-state index is 12.8. The van der Waals surface area contributed by atoms with E-state index in [1.807, 2.05) is 18.2 Å². The fraction of sp³-hybridized carbons (Fsp3) is 0.400. The number of carbonyl (C=O) groups excluding carboxylic acids is 1. The highest BCUT2D eigenvalue weighted by molar-refractivity contribution is 5.95. The van der Waals surface area contributed by atoms with Gasteiger partial charge in [-0.3, -0.25) is 10.1 Å². The number of aromatic nitrogens is 2. The number of imidazole rings is 1. The zero-order valence-electron chi connectivity index (χ0n) is 15.2. The molecular formula is C20H19N5O2. The van der Waals surface area contributed by atoms with E-state index in [0.29, 0.717) is 12.5 Å². The molecule has 1 aromatic heterocycles. The second kappa shape index (κ2) is 6.14. The minimum Gasteiger partial charge on any atom is -0.493 e. The molecule has 0 saturated heterocycles. The minimum atomic E-state index is -0.203. The molecule has 2 aliphatic rings. The molecule has 7 heteroatoms. The molecule has 1 fully saturated rings. The van der Waals surface area contributed by atoms with E-state index in [1.165, 1.54) is 5.56 Å². The van der Waals surface area contributed by atoms with Gasteiger partial charge < -0.3 is 9.72 Å². The van der Waals surface area contributed by atoms with Gasteiger partial charge in [-0.25, -0.2) is 4.98 Å². The third-order valence-corrected chi connectivity index (χ3v) is 5.57. The van der Waals surface area contributed by atoms with Crippen molar-refractivity contribution in [3.05, 3.63) is 40.7 Å². The number of H-pyrrole nitrogens is 1. The Kier molecular flexibility index (Phi) is 3.89. The van der Waals surface area contributed by atoms with Gasteiger partial charge in [0.2, 0.25) is 11.9 Å². The molecule has 0 bridgehead atoms. The third kappa shape index (κ3) is 2.72.